The van der Waals surface area contributed by atoms with Gasteiger partial charge in [0.1, 0.15) is 12.2 Å². The van der Waals surface area contributed by atoms with Crippen LogP contribution in [0.25, 0.3) is 10.9 Å². The molecule has 0 saturated heterocycles. The summed E-state index contributed by atoms with van der Waals surface area (Å²) in [7, 11) is -0.885. The van der Waals surface area contributed by atoms with E-state index in [1.165, 1.54) is 31.6 Å². The highest BCUT2D eigenvalue weighted by Gasteiger charge is 2.22. The largest absolute Gasteiger partial charge is 0.328 e. The molecule has 0 bridgehead atoms. The number of nitrogens with one attached hydrogen (secondary N) is 2. The average molecular weight is 364 g/mol. The first kappa shape index (κ1) is 17.0. The number of aromatic amines is 1. The van der Waals surface area contributed by atoms with E-state index in [2.05, 4.69) is 19.9 Å². The molecule has 1 aromatic carbocycles. The van der Waals surface area contributed by atoms with Crippen LogP contribution in [0.4, 0.5) is 0 Å². The van der Waals surface area contributed by atoms with Crippen molar-refractivity contribution >= 4 is 20.9 Å². The normalized spacial score (nSPS) is 13.2. The van der Waals surface area contributed by atoms with Crippen molar-refractivity contribution in [3.63, 3.8) is 0 Å². The zero-order valence-corrected chi connectivity index (χ0v) is 14.5. The minimum absolute atomic E-state index is 0.0850. The molecule has 0 aliphatic carbocycles. The number of hydrogen-bond donors (Lipinski definition) is 2. The van der Waals surface area contributed by atoms with Gasteiger partial charge in [-0.2, -0.15) is 0 Å². The summed E-state index contributed by atoms with van der Waals surface area (Å²) in [5, 5.41) is 7.70. The van der Waals surface area contributed by atoms with Gasteiger partial charge in [0.25, 0.3) is 5.56 Å². The van der Waals surface area contributed by atoms with Crippen molar-refractivity contribution in [3.8, 4) is 0 Å². The summed E-state index contributed by atoms with van der Waals surface area (Å²) in [5.41, 5.74) is -0.868. The van der Waals surface area contributed by atoms with E-state index in [1.54, 1.807) is 18.5 Å². The second kappa shape index (κ2) is 5.93. The van der Waals surface area contributed by atoms with Gasteiger partial charge in [-0.15, -0.1) is 10.2 Å². The van der Waals surface area contributed by atoms with Crippen LogP contribution in [0, 0.1) is 0 Å². The van der Waals surface area contributed by atoms with Crippen LogP contribution >= 0.6 is 0 Å². The Kier molecular flexibility index (Phi) is 4.05. The number of rotatable bonds is 4. The highest BCUT2D eigenvalue weighted by atomic mass is 32.2. The maximum absolute atomic E-state index is 12.6. The van der Waals surface area contributed by atoms with Crippen LogP contribution in [-0.2, 0) is 24.1 Å². The van der Waals surface area contributed by atoms with Crippen LogP contribution in [0.15, 0.2) is 39.0 Å². The van der Waals surface area contributed by atoms with Gasteiger partial charge in [0.05, 0.1) is 21.8 Å². The molecule has 0 spiro atoms. The number of nitrogens with zero attached hydrogens (tertiary/aromatic N) is 4. The first-order valence-corrected chi connectivity index (χ1v) is 8.78. The fraction of sp³-hybridized carbons (Fsp3) is 0.286. The van der Waals surface area contributed by atoms with Crippen LogP contribution in [-0.4, -0.2) is 32.7 Å². The highest BCUT2D eigenvalue weighted by Crippen LogP contribution is 2.17. The SMILES string of the molecule is CC(NS(=O)(=O)c1ccc2[nH]c(=O)n(C)c(=O)c2c1)c1nncn1C. The Morgan fingerprint density at radius 1 is 1.24 bits per heavy atom. The third-order valence-corrected chi connectivity index (χ3v) is 5.39. The van der Waals surface area contributed by atoms with Gasteiger partial charge in [0.15, 0.2) is 0 Å². The molecule has 1 unspecified atom stereocenters. The second-order valence-corrected chi connectivity index (χ2v) is 7.36. The molecular weight excluding hydrogens is 348 g/mol. The molecule has 132 valence electrons. The molecular formula is C14H16N6O4S. The molecule has 2 aromatic heterocycles. The van der Waals surface area contributed by atoms with Crippen molar-refractivity contribution in [2.75, 3.05) is 0 Å². The maximum Gasteiger partial charge on any atom is 0.328 e. The number of H-pyrrole nitrogens is 1. The molecule has 2 N–H and O–H groups in total. The Balaban J connectivity index is 2.04. The van der Waals surface area contributed by atoms with Gasteiger partial charge in [0.2, 0.25) is 10.0 Å². The van der Waals surface area contributed by atoms with E-state index in [0.29, 0.717) is 5.82 Å². The minimum Gasteiger partial charge on any atom is -0.319 e. The number of hydrogen-bond acceptors (Lipinski definition) is 6. The Morgan fingerprint density at radius 3 is 2.60 bits per heavy atom. The van der Waals surface area contributed by atoms with Crippen LogP contribution < -0.4 is 16.0 Å². The van der Waals surface area contributed by atoms with Crippen LogP contribution in [0.3, 0.4) is 0 Å². The molecule has 1 atom stereocenters. The van der Waals surface area contributed by atoms with Crippen molar-refractivity contribution in [3.05, 3.63) is 51.2 Å². The maximum atomic E-state index is 12.6. The topological polar surface area (TPSA) is 132 Å². The van der Waals surface area contributed by atoms with Crippen molar-refractivity contribution in [1.29, 1.82) is 0 Å². The number of benzene rings is 1. The van der Waals surface area contributed by atoms with Crippen molar-refractivity contribution < 1.29 is 8.42 Å². The second-order valence-electron chi connectivity index (χ2n) is 5.64. The standard InChI is InChI=1S/C14H16N6O4S/c1-8(12-17-15-7-19(12)2)18-25(23,24)9-4-5-11-10(6-9)13(21)20(3)14(22)16-11/h4-8,18H,1-3H3,(H,16,22). The Bertz CT molecular complexity index is 1170. The molecule has 3 aromatic rings. The monoisotopic (exact) mass is 364 g/mol. The molecule has 10 nitrogen and oxygen atoms in total. The lowest BCUT2D eigenvalue weighted by Crippen LogP contribution is -2.33. The van der Waals surface area contributed by atoms with Gasteiger partial charge < -0.3 is 9.55 Å². The van der Waals surface area contributed by atoms with Gasteiger partial charge in [-0.3, -0.25) is 9.36 Å². The zero-order valence-electron chi connectivity index (χ0n) is 13.7. The Morgan fingerprint density at radius 2 is 1.96 bits per heavy atom. The summed E-state index contributed by atoms with van der Waals surface area (Å²) in [6, 6.07) is 3.33. The van der Waals surface area contributed by atoms with E-state index in [1.807, 2.05) is 0 Å². The Labute approximate surface area is 142 Å². The minimum atomic E-state index is -3.90. The first-order valence-electron chi connectivity index (χ1n) is 7.30. The summed E-state index contributed by atoms with van der Waals surface area (Å²) in [6.07, 6.45) is 1.47. The first-order chi connectivity index (χ1) is 11.7. The predicted octanol–water partition coefficient (Wildman–Crippen LogP) is -0.605. The third kappa shape index (κ3) is 2.98. The lowest BCUT2D eigenvalue weighted by Gasteiger charge is -2.13. The molecule has 0 fully saturated rings. The molecule has 2 heterocycles. The highest BCUT2D eigenvalue weighted by molar-refractivity contribution is 7.89. The van der Waals surface area contributed by atoms with Gasteiger partial charge in [-0.25, -0.2) is 17.9 Å². The van der Waals surface area contributed by atoms with Gasteiger partial charge in [-0.05, 0) is 25.1 Å². The van der Waals surface area contributed by atoms with Crippen molar-refractivity contribution in [2.45, 2.75) is 17.9 Å². The summed E-state index contributed by atoms with van der Waals surface area (Å²) in [5.74, 6) is 0.449. The molecule has 11 heteroatoms. The van der Waals surface area contributed by atoms with Gasteiger partial charge in [0, 0.05) is 14.1 Å². The lowest BCUT2D eigenvalue weighted by atomic mass is 10.2. The predicted molar refractivity (Wildman–Crippen MR) is 89.5 cm³/mol. The van der Waals surface area contributed by atoms with E-state index in [0.717, 1.165) is 4.57 Å². The van der Waals surface area contributed by atoms with Crippen molar-refractivity contribution in [1.82, 2.24) is 29.0 Å². The van der Waals surface area contributed by atoms with Gasteiger partial charge in [-0.1, -0.05) is 0 Å². The molecule has 0 aliphatic heterocycles. The number of sulfonamides is 1. The molecule has 0 radical (unpaired) electrons. The molecule has 3 rings (SSSR count). The quantitative estimate of drug-likeness (QED) is 0.635. The van der Waals surface area contributed by atoms with Gasteiger partial charge >= 0.3 is 5.69 Å². The number of aryl methyl sites for hydroxylation is 1. The van der Waals surface area contributed by atoms with E-state index in [-0.39, 0.29) is 15.8 Å². The van der Waals surface area contributed by atoms with E-state index < -0.39 is 27.3 Å². The third-order valence-electron chi connectivity index (χ3n) is 3.85. The zero-order chi connectivity index (χ0) is 18.4. The van der Waals surface area contributed by atoms with Crippen LogP contribution in [0.2, 0.25) is 0 Å². The summed E-state index contributed by atoms with van der Waals surface area (Å²) in [6.45, 7) is 1.64. The molecule has 25 heavy (non-hydrogen) atoms. The van der Waals surface area contributed by atoms with E-state index in [9.17, 15) is 18.0 Å². The molecule has 0 saturated carbocycles. The summed E-state index contributed by atoms with van der Waals surface area (Å²) in [4.78, 5) is 26.2. The smallest absolute Gasteiger partial charge is 0.319 e. The lowest BCUT2D eigenvalue weighted by molar-refractivity contribution is 0.553. The number of aromatic nitrogens is 5. The molecule has 0 aliphatic rings. The molecule has 0 amide bonds. The number of fused-ring (bicyclic) bond motifs is 1. The fourth-order valence-electron chi connectivity index (χ4n) is 2.49. The summed E-state index contributed by atoms with van der Waals surface area (Å²) < 4.78 is 30.2. The fourth-order valence-corrected chi connectivity index (χ4v) is 3.71. The van der Waals surface area contributed by atoms with E-state index >= 15 is 0 Å². The van der Waals surface area contributed by atoms with Crippen LogP contribution in [0.5, 0.6) is 0 Å². The van der Waals surface area contributed by atoms with E-state index in [4.69, 9.17) is 0 Å². The summed E-state index contributed by atoms with van der Waals surface area (Å²) >= 11 is 0. The van der Waals surface area contributed by atoms with Crippen LogP contribution in [0.1, 0.15) is 18.8 Å². The average Bonchev–Trinajstić information content (AvgIpc) is 2.98. The van der Waals surface area contributed by atoms with Crippen molar-refractivity contribution in [2.24, 2.45) is 14.1 Å². The Hall–Kier alpha value is -2.79.